The van der Waals surface area contributed by atoms with Gasteiger partial charge in [-0.1, -0.05) is 24.3 Å². The number of amides is 3. The number of fused-ring (bicyclic) bond motifs is 7. The molecule has 3 amide bonds. The number of quaternary nitrogens is 1. The monoisotopic (exact) mass is 392 g/mol. The van der Waals surface area contributed by atoms with Gasteiger partial charge in [-0.25, -0.2) is 9.29 Å². The first-order valence-electron chi connectivity index (χ1n) is 9.95. The van der Waals surface area contributed by atoms with Gasteiger partial charge in [-0.15, -0.1) is 0 Å². The number of hydrogen-bond donors (Lipinski definition) is 2. The minimum absolute atomic E-state index is 0.0908. The Labute approximate surface area is 166 Å². The van der Waals surface area contributed by atoms with Crippen molar-refractivity contribution in [3.8, 4) is 0 Å². The first kappa shape index (κ1) is 16.9. The summed E-state index contributed by atoms with van der Waals surface area (Å²) in [5.74, 6) is -2.78. The van der Waals surface area contributed by atoms with Gasteiger partial charge in [-0.2, -0.15) is 0 Å². The number of rotatable bonds is 1. The van der Waals surface area contributed by atoms with E-state index in [2.05, 4.69) is 5.32 Å². The number of nitrogens with zero attached hydrogens (tertiary/aromatic N) is 1. The highest BCUT2D eigenvalue weighted by Crippen LogP contribution is 2.52. The quantitative estimate of drug-likeness (QED) is 0.707. The van der Waals surface area contributed by atoms with Gasteiger partial charge in [-0.3, -0.25) is 14.4 Å². The minimum Gasteiger partial charge on any atom is -0.320 e. The number of anilines is 2. The van der Waals surface area contributed by atoms with Crippen molar-refractivity contribution < 1.29 is 23.7 Å². The van der Waals surface area contributed by atoms with Crippen LogP contribution in [0.4, 0.5) is 15.8 Å². The van der Waals surface area contributed by atoms with Crippen LogP contribution in [-0.4, -0.2) is 30.3 Å². The molecule has 0 aromatic heterocycles. The number of benzene rings is 2. The molecule has 3 fully saturated rings. The van der Waals surface area contributed by atoms with Crippen molar-refractivity contribution in [3.63, 3.8) is 0 Å². The van der Waals surface area contributed by atoms with Crippen LogP contribution >= 0.6 is 0 Å². The van der Waals surface area contributed by atoms with E-state index in [4.69, 9.17) is 0 Å². The van der Waals surface area contributed by atoms with Crippen LogP contribution in [0, 0.1) is 17.7 Å². The molecule has 0 bridgehead atoms. The number of carbonyl (C=O) groups excluding carboxylic acids is 3. The molecule has 146 valence electrons. The molecule has 4 aliphatic heterocycles. The summed E-state index contributed by atoms with van der Waals surface area (Å²) in [5.41, 5.74) is 0.634. The van der Waals surface area contributed by atoms with Crippen LogP contribution in [0.1, 0.15) is 18.4 Å². The summed E-state index contributed by atoms with van der Waals surface area (Å²) < 4.78 is 13.8. The Morgan fingerprint density at radius 3 is 2.72 bits per heavy atom. The topological polar surface area (TPSA) is 70.9 Å². The molecular formula is C22H19FN3O3+. The van der Waals surface area contributed by atoms with Crippen molar-refractivity contribution >= 4 is 29.1 Å². The number of nitrogens with one attached hydrogen (secondary N) is 2. The van der Waals surface area contributed by atoms with Crippen LogP contribution in [0.15, 0.2) is 48.5 Å². The summed E-state index contributed by atoms with van der Waals surface area (Å²) in [7, 11) is 0. The zero-order valence-electron chi connectivity index (χ0n) is 15.5. The molecule has 0 saturated carbocycles. The van der Waals surface area contributed by atoms with Crippen molar-refractivity contribution in [1.82, 2.24) is 0 Å². The van der Waals surface area contributed by atoms with Crippen molar-refractivity contribution in [2.75, 3.05) is 16.8 Å². The molecule has 7 heteroatoms. The van der Waals surface area contributed by atoms with Crippen LogP contribution in [0.3, 0.4) is 0 Å². The largest absolute Gasteiger partial charge is 0.320 e. The fraction of sp³-hybridized carbons (Fsp3) is 0.318. The van der Waals surface area contributed by atoms with Gasteiger partial charge < -0.3 is 10.2 Å². The normalized spacial score (nSPS) is 34.5. The molecule has 29 heavy (non-hydrogen) atoms. The molecule has 0 radical (unpaired) electrons. The smallest absolute Gasteiger partial charge is 0.291 e. The summed E-state index contributed by atoms with van der Waals surface area (Å²) >= 11 is 0. The molecule has 6 nitrogen and oxygen atoms in total. The summed E-state index contributed by atoms with van der Waals surface area (Å²) in [5, 5.41) is 2.95. The van der Waals surface area contributed by atoms with E-state index in [1.807, 2.05) is 24.3 Å². The number of imide groups is 1. The van der Waals surface area contributed by atoms with Gasteiger partial charge in [0.05, 0.1) is 17.9 Å². The molecule has 2 aromatic rings. The summed E-state index contributed by atoms with van der Waals surface area (Å²) in [4.78, 5) is 42.6. The van der Waals surface area contributed by atoms with Gasteiger partial charge in [0, 0.05) is 18.4 Å². The Morgan fingerprint density at radius 1 is 1.07 bits per heavy atom. The third-order valence-corrected chi connectivity index (χ3v) is 7.19. The van der Waals surface area contributed by atoms with E-state index in [-0.39, 0.29) is 23.5 Å². The minimum atomic E-state index is -1.10. The third kappa shape index (κ3) is 1.86. The fourth-order valence-corrected chi connectivity index (χ4v) is 6.29. The Bertz CT molecular complexity index is 1100. The average molecular weight is 392 g/mol. The molecule has 1 unspecified atom stereocenters. The molecule has 0 aliphatic carbocycles. The van der Waals surface area contributed by atoms with Crippen LogP contribution in [0.5, 0.6) is 0 Å². The predicted octanol–water partition coefficient (Wildman–Crippen LogP) is 0.840. The zero-order valence-corrected chi connectivity index (χ0v) is 15.5. The Morgan fingerprint density at radius 2 is 1.90 bits per heavy atom. The Balaban J connectivity index is 1.56. The Kier molecular flexibility index (Phi) is 3.20. The van der Waals surface area contributed by atoms with Gasteiger partial charge >= 0.3 is 0 Å². The summed E-state index contributed by atoms with van der Waals surface area (Å²) in [6.45, 7) is 0.750. The lowest BCUT2D eigenvalue weighted by Gasteiger charge is -2.33. The maximum absolute atomic E-state index is 13.8. The number of halogens is 1. The van der Waals surface area contributed by atoms with Crippen LogP contribution in [0.2, 0.25) is 0 Å². The second-order valence-electron chi connectivity index (χ2n) is 8.33. The zero-order chi connectivity index (χ0) is 19.9. The van der Waals surface area contributed by atoms with E-state index in [9.17, 15) is 18.8 Å². The van der Waals surface area contributed by atoms with Gasteiger partial charge in [0.15, 0.2) is 0 Å². The lowest BCUT2D eigenvalue weighted by Crippen LogP contribution is -3.19. The van der Waals surface area contributed by atoms with Crippen LogP contribution in [-0.2, 0) is 19.9 Å². The van der Waals surface area contributed by atoms with Gasteiger partial charge in [0.1, 0.15) is 23.7 Å². The fourth-order valence-electron chi connectivity index (χ4n) is 6.29. The summed E-state index contributed by atoms with van der Waals surface area (Å²) in [6.07, 6.45) is 1.70. The van der Waals surface area contributed by atoms with Crippen LogP contribution < -0.4 is 15.1 Å². The molecule has 4 heterocycles. The number of carbonyl (C=O) groups is 3. The molecule has 6 rings (SSSR count). The van der Waals surface area contributed by atoms with E-state index in [1.54, 1.807) is 6.07 Å². The molecule has 5 atom stereocenters. The highest BCUT2D eigenvalue weighted by atomic mass is 19.1. The lowest BCUT2D eigenvalue weighted by atomic mass is 9.75. The third-order valence-electron chi connectivity index (χ3n) is 7.19. The molecule has 2 N–H and O–H groups in total. The number of para-hydroxylation sites is 1. The second-order valence-corrected chi connectivity index (χ2v) is 8.33. The maximum Gasteiger partial charge on any atom is 0.291 e. The Hall–Kier alpha value is -3.06. The average Bonchev–Trinajstić information content (AvgIpc) is 3.40. The van der Waals surface area contributed by atoms with Crippen molar-refractivity contribution in [2.45, 2.75) is 24.4 Å². The molecule has 2 aromatic carbocycles. The van der Waals surface area contributed by atoms with Crippen molar-refractivity contribution in [2.24, 2.45) is 11.8 Å². The van der Waals surface area contributed by atoms with Gasteiger partial charge in [0.25, 0.3) is 5.91 Å². The number of hydrogen-bond acceptors (Lipinski definition) is 3. The van der Waals surface area contributed by atoms with E-state index < -0.39 is 29.1 Å². The maximum atomic E-state index is 13.8. The van der Waals surface area contributed by atoms with E-state index >= 15 is 0 Å². The van der Waals surface area contributed by atoms with Gasteiger partial charge in [-0.05, 0) is 24.3 Å². The van der Waals surface area contributed by atoms with Crippen LogP contribution in [0.25, 0.3) is 0 Å². The SMILES string of the molecule is O=C1[C@H]2[C@@H](C(=O)N1c1cccc(F)c1)[C@@]1(C(=O)Nc3ccccc31)[NH+]1CCC[C@@H]21. The predicted molar refractivity (Wildman–Crippen MR) is 101 cm³/mol. The van der Waals surface area contributed by atoms with E-state index in [0.29, 0.717) is 5.69 Å². The van der Waals surface area contributed by atoms with E-state index in [0.717, 1.165) is 34.7 Å². The highest BCUT2D eigenvalue weighted by molar-refractivity contribution is 6.25. The van der Waals surface area contributed by atoms with Crippen molar-refractivity contribution in [3.05, 3.63) is 59.9 Å². The standard InChI is InChI=1S/C22H18FN3O3/c23-12-5-3-6-13(11-12)26-19(27)17-16-9-4-10-25(16)22(18(17)20(26)28)14-7-1-2-8-15(14)24-21(22)29/h1-3,5-8,11,16-18H,4,9-10H2,(H,24,29)/p+1/t16-,17+,18-,22-/m0/s1. The molecule has 4 aliphatic rings. The summed E-state index contributed by atoms with van der Waals surface area (Å²) in [6, 6.07) is 12.9. The lowest BCUT2D eigenvalue weighted by molar-refractivity contribution is -0.948. The second kappa shape index (κ2) is 5.51. The van der Waals surface area contributed by atoms with Crippen molar-refractivity contribution in [1.29, 1.82) is 0 Å². The first-order valence-corrected chi connectivity index (χ1v) is 9.95. The molecule has 1 spiro atoms. The highest BCUT2D eigenvalue weighted by Gasteiger charge is 2.78. The van der Waals surface area contributed by atoms with Gasteiger partial charge in [0.2, 0.25) is 17.4 Å². The molecule has 3 saturated heterocycles. The molecular weight excluding hydrogens is 373 g/mol. The van der Waals surface area contributed by atoms with E-state index in [1.165, 1.54) is 18.2 Å². The first-order chi connectivity index (χ1) is 14.0.